The zero-order valence-corrected chi connectivity index (χ0v) is 23.5. The van der Waals surface area contributed by atoms with Crippen LogP contribution in [-0.4, -0.2) is 20.6 Å². The van der Waals surface area contributed by atoms with Crippen molar-refractivity contribution in [2.24, 2.45) is 0 Å². The monoisotopic (exact) mass is 586 g/mol. The van der Waals surface area contributed by atoms with Crippen LogP contribution in [0.4, 0.5) is 4.39 Å². The molecule has 1 N–H and O–H groups in total. The number of carboxylic acids is 1. The molecule has 0 radical (unpaired) electrons. The van der Waals surface area contributed by atoms with E-state index in [-0.39, 0.29) is 11.4 Å². The van der Waals surface area contributed by atoms with Gasteiger partial charge in [0.15, 0.2) is 0 Å². The molecule has 4 aromatic carbocycles. The van der Waals surface area contributed by atoms with Crippen molar-refractivity contribution in [2.75, 3.05) is 0 Å². The highest BCUT2D eigenvalue weighted by Crippen LogP contribution is 2.31. The number of rotatable bonds is 9. The van der Waals surface area contributed by atoms with Crippen LogP contribution in [0.1, 0.15) is 34.2 Å². The number of aryl methyl sites for hydroxylation is 1. The second-order valence-corrected chi connectivity index (χ2v) is 10.1. The Balaban J connectivity index is 1.31. The van der Waals surface area contributed by atoms with Crippen LogP contribution < -0.4 is 4.74 Å². The minimum Gasteiger partial charge on any atom is -0.489 e. The van der Waals surface area contributed by atoms with Crippen molar-refractivity contribution in [3.8, 4) is 28.1 Å². The number of benzene rings is 4. The second kappa shape index (κ2) is 12.4. The summed E-state index contributed by atoms with van der Waals surface area (Å²) < 4.78 is 22.6. The van der Waals surface area contributed by atoms with Crippen LogP contribution in [0.15, 0.2) is 91.1 Å². The van der Waals surface area contributed by atoms with Gasteiger partial charge in [-0.2, -0.15) is 0 Å². The van der Waals surface area contributed by atoms with Crippen LogP contribution in [0.3, 0.4) is 0 Å². The minimum absolute atomic E-state index is 0.231. The highest BCUT2D eigenvalue weighted by Gasteiger charge is 2.11. The molecule has 41 heavy (non-hydrogen) atoms. The third-order valence-electron chi connectivity index (χ3n) is 6.56. The number of carboxylic acid groups (broad SMARTS) is 1. The topological polar surface area (TPSA) is 64.4 Å². The molecule has 5 nitrogen and oxygen atoms in total. The summed E-state index contributed by atoms with van der Waals surface area (Å²) in [6.07, 6.45) is 5.42. The molecular formula is C33H25Cl2FN2O3. The quantitative estimate of drug-likeness (QED) is 0.187. The van der Waals surface area contributed by atoms with Crippen LogP contribution >= 0.6 is 23.2 Å². The van der Waals surface area contributed by atoms with Crippen LogP contribution in [0, 0.1) is 5.82 Å². The summed E-state index contributed by atoms with van der Waals surface area (Å²) in [5.41, 5.74) is 4.78. The van der Waals surface area contributed by atoms with Crippen molar-refractivity contribution >= 4 is 41.3 Å². The molecule has 8 heteroatoms. The summed E-state index contributed by atoms with van der Waals surface area (Å²) in [6.45, 7) is 3.00. The lowest BCUT2D eigenvalue weighted by Crippen LogP contribution is -1.98. The Bertz CT molecular complexity index is 1730. The van der Waals surface area contributed by atoms with Gasteiger partial charge in [0.2, 0.25) is 0 Å². The standard InChI is InChI=1S/C33H25Cl2FN2O3/c1-2-38-19-31(28-14-11-26(34)18-29(28)35)37-32(38)16-10-25-17-24(9-15-30(25)36)22-7-12-27(13-8-22)41-20-21-3-5-23(6-4-21)33(39)40/h3-19H,2,20H2,1H3,(H,39,40)/b16-10+. The minimum atomic E-state index is -0.964. The number of ether oxygens (including phenoxy) is 1. The van der Waals surface area contributed by atoms with E-state index in [0.717, 1.165) is 22.3 Å². The van der Waals surface area contributed by atoms with E-state index in [4.69, 9.17) is 38.0 Å². The number of aromatic carboxylic acids is 1. The lowest BCUT2D eigenvalue weighted by atomic mass is 10.0. The van der Waals surface area contributed by atoms with Crippen LogP contribution in [-0.2, 0) is 13.2 Å². The van der Waals surface area contributed by atoms with Crippen molar-refractivity contribution < 1.29 is 19.0 Å². The highest BCUT2D eigenvalue weighted by atomic mass is 35.5. The molecule has 5 rings (SSSR count). The predicted octanol–water partition coefficient (Wildman–Crippen LogP) is 9.13. The van der Waals surface area contributed by atoms with Gasteiger partial charge in [0, 0.05) is 28.9 Å². The molecule has 206 valence electrons. The average Bonchev–Trinajstić information content (AvgIpc) is 3.39. The van der Waals surface area contributed by atoms with Gasteiger partial charge in [-0.15, -0.1) is 0 Å². The molecule has 0 aliphatic heterocycles. The van der Waals surface area contributed by atoms with Gasteiger partial charge in [-0.1, -0.05) is 53.5 Å². The fourth-order valence-corrected chi connectivity index (χ4v) is 4.82. The number of halogens is 3. The zero-order chi connectivity index (χ0) is 28.9. The van der Waals surface area contributed by atoms with E-state index in [9.17, 15) is 9.18 Å². The Morgan fingerprint density at radius 1 is 0.951 bits per heavy atom. The first-order valence-corrected chi connectivity index (χ1v) is 13.6. The van der Waals surface area contributed by atoms with Gasteiger partial charge in [0.05, 0.1) is 16.3 Å². The Kier molecular flexibility index (Phi) is 8.53. The Morgan fingerprint density at radius 3 is 2.37 bits per heavy atom. The average molecular weight is 587 g/mol. The summed E-state index contributed by atoms with van der Waals surface area (Å²) in [6, 6.07) is 24.3. The molecule has 5 aromatic rings. The molecule has 0 unspecified atom stereocenters. The molecule has 0 bridgehead atoms. The first kappa shape index (κ1) is 28.1. The molecule has 0 amide bonds. The van der Waals surface area contributed by atoms with E-state index in [2.05, 4.69) is 0 Å². The van der Waals surface area contributed by atoms with Gasteiger partial charge < -0.3 is 14.4 Å². The van der Waals surface area contributed by atoms with E-state index in [1.165, 1.54) is 6.07 Å². The van der Waals surface area contributed by atoms with Crippen LogP contribution in [0.5, 0.6) is 5.75 Å². The summed E-state index contributed by atoms with van der Waals surface area (Å²) in [4.78, 5) is 15.7. The van der Waals surface area contributed by atoms with Gasteiger partial charge in [-0.3, -0.25) is 0 Å². The van der Waals surface area contributed by atoms with Gasteiger partial charge in [-0.25, -0.2) is 14.2 Å². The Labute approximate surface area is 247 Å². The maximum absolute atomic E-state index is 14.8. The SMILES string of the molecule is CCn1cc(-c2ccc(Cl)cc2Cl)nc1/C=C/c1cc(-c2ccc(OCc3ccc(C(=O)O)cc3)cc2)ccc1F. The molecule has 1 heterocycles. The Morgan fingerprint density at radius 2 is 1.68 bits per heavy atom. The molecule has 0 spiro atoms. The maximum Gasteiger partial charge on any atom is 0.335 e. The second-order valence-electron chi connectivity index (χ2n) is 9.28. The summed E-state index contributed by atoms with van der Waals surface area (Å²) in [5.74, 6) is 0.0431. The summed E-state index contributed by atoms with van der Waals surface area (Å²) >= 11 is 12.4. The number of aromatic nitrogens is 2. The first-order chi connectivity index (χ1) is 19.8. The lowest BCUT2D eigenvalue weighted by Gasteiger charge is -2.09. The molecule has 0 fully saturated rings. The molecule has 0 aliphatic rings. The smallest absolute Gasteiger partial charge is 0.335 e. The fraction of sp³-hybridized carbons (Fsp3) is 0.0909. The number of hydrogen-bond acceptors (Lipinski definition) is 3. The molecule has 0 aliphatic carbocycles. The molecular weight excluding hydrogens is 562 g/mol. The Hall–Kier alpha value is -4.39. The van der Waals surface area contributed by atoms with Gasteiger partial charge >= 0.3 is 5.97 Å². The highest BCUT2D eigenvalue weighted by molar-refractivity contribution is 6.36. The molecule has 0 atom stereocenters. The maximum atomic E-state index is 14.8. The zero-order valence-electron chi connectivity index (χ0n) is 22.0. The van der Waals surface area contributed by atoms with E-state index < -0.39 is 5.97 Å². The van der Waals surface area contributed by atoms with E-state index >= 15 is 0 Å². The number of carbonyl (C=O) groups is 1. The summed E-state index contributed by atoms with van der Waals surface area (Å²) in [7, 11) is 0. The number of hydrogen-bond donors (Lipinski definition) is 1. The normalized spacial score (nSPS) is 11.2. The van der Waals surface area contributed by atoms with Crippen LogP contribution in [0.25, 0.3) is 34.5 Å². The molecule has 0 saturated heterocycles. The lowest BCUT2D eigenvalue weighted by molar-refractivity contribution is 0.0697. The van der Waals surface area contributed by atoms with Crippen molar-refractivity contribution in [3.05, 3.63) is 130 Å². The van der Waals surface area contributed by atoms with E-state index in [1.54, 1.807) is 60.7 Å². The van der Waals surface area contributed by atoms with Crippen molar-refractivity contribution in [1.82, 2.24) is 9.55 Å². The fourth-order valence-electron chi connectivity index (χ4n) is 4.31. The summed E-state index contributed by atoms with van der Waals surface area (Å²) in [5, 5.41) is 10.1. The first-order valence-electron chi connectivity index (χ1n) is 12.9. The molecule has 1 aromatic heterocycles. The number of imidazole rings is 1. The van der Waals surface area contributed by atoms with Gasteiger partial charge in [-0.05, 0) is 90.4 Å². The van der Waals surface area contributed by atoms with Crippen molar-refractivity contribution in [1.29, 1.82) is 0 Å². The van der Waals surface area contributed by atoms with Crippen molar-refractivity contribution in [3.63, 3.8) is 0 Å². The van der Waals surface area contributed by atoms with Crippen LogP contribution in [0.2, 0.25) is 10.0 Å². The van der Waals surface area contributed by atoms with Gasteiger partial charge in [0.1, 0.15) is 24.0 Å². The largest absolute Gasteiger partial charge is 0.489 e. The molecule has 0 saturated carbocycles. The van der Waals surface area contributed by atoms with E-state index in [0.29, 0.717) is 46.0 Å². The number of nitrogens with zero attached hydrogens (tertiary/aromatic N) is 2. The van der Waals surface area contributed by atoms with Crippen molar-refractivity contribution in [2.45, 2.75) is 20.1 Å². The van der Waals surface area contributed by atoms with Gasteiger partial charge in [0.25, 0.3) is 0 Å². The third kappa shape index (κ3) is 6.68. The third-order valence-corrected chi connectivity index (χ3v) is 7.10. The predicted molar refractivity (Wildman–Crippen MR) is 162 cm³/mol. The van der Waals surface area contributed by atoms with E-state index in [1.807, 2.05) is 48.0 Å².